The Morgan fingerprint density at radius 2 is 1.60 bits per heavy atom. The molecule has 0 aliphatic rings. The van der Waals surface area contributed by atoms with E-state index in [-0.39, 0.29) is 13.2 Å². The summed E-state index contributed by atoms with van der Waals surface area (Å²) in [6, 6.07) is 0. The van der Waals surface area contributed by atoms with E-state index < -0.39 is 11.9 Å². The standard InChI is InChI=1S/C10H14O5/c1-3-5-9(11)13-7-8-14-15-10(12)6-4-2/h3-6H,7-8H2,1-2H3/b5-3+,6-4+. The smallest absolute Gasteiger partial charge is 0.365 e. The van der Waals surface area contributed by atoms with E-state index in [2.05, 4.69) is 14.5 Å². The van der Waals surface area contributed by atoms with Crippen LogP contribution in [0.4, 0.5) is 0 Å². The summed E-state index contributed by atoms with van der Waals surface area (Å²) >= 11 is 0. The first kappa shape index (κ1) is 13.4. The molecule has 0 aromatic carbocycles. The molecule has 0 N–H and O–H groups in total. The molecule has 0 bridgehead atoms. The van der Waals surface area contributed by atoms with E-state index in [1.807, 2.05) is 0 Å². The summed E-state index contributed by atoms with van der Waals surface area (Å²) in [6.45, 7) is 3.43. The van der Waals surface area contributed by atoms with E-state index in [9.17, 15) is 9.59 Å². The topological polar surface area (TPSA) is 61.8 Å². The summed E-state index contributed by atoms with van der Waals surface area (Å²) in [4.78, 5) is 30.2. The molecule has 0 aromatic heterocycles. The predicted molar refractivity (Wildman–Crippen MR) is 52.6 cm³/mol. The second-order valence-corrected chi connectivity index (χ2v) is 2.39. The summed E-state index contributed by atoms with van der Waals surface area (Å²) in [5.41, 5.74) is 0. The third kappa shape index (κ3) is 8.70. The van der Waals surface area contributed by atoms with Crippen LogP contribution in [0, 0.1) is 0 Å². The summed E-state index contributed by atoms with van der Waals surface area (Å²) in [5, 5.41) is 0. The first-order valence-electron chi connectivity index (χ1n) is 4.46. The van der Waals surface area contributed by atoms with Crippen LogP contribution < -0.4 is 0 Å². The third-order valence-corrected chi connectivity index (χ3v) is 1.16. The van der Waals surface area contributed by atoms with Crippen molar-refractivity contribution >= 4 is 11.9 Å². The monoisotopic (exact) mass is 214 g/mol. The number of allylic oxidation sites excluding steroid dienone is 2. The van der Waals surface area contributed by atoms with Gasteiger partial charge >= 0.3 is 11.9 Å². The van der Waals surface area contributed by atoms with Crippen LogP contribution in [0.3, 0.4) is 0 Å². The number of hydrogen-bond donors (Lipinski definition) is 0. The molecule has 0 unspecified atom stereocenters. The zero-order chi connectivity index (χ0) is 11.5. The van der Waals surface area contributed by atoms with Crippen LogP contribution in [0.25, 0.3) is 0 Å². The van der Waals surface area contributed by atoms with Crippen molar-refractivity contribution in [3.63, 3.8) is 0 Å². The van der Waals surface area contributed by atoms with Gasteiger partial charge in [0.25, 0.3) is 0 Å². The fraction of sp³-hybridized carbons (Fsp3) is 0.400. The van der Waals surface area contributed by atoms with E-state index in [0.717, 1.165) is 0 Å². The van der Waals surface area contributed by atoms with Crippen molar-refractivity contribution in [1.29, 1.82) is 0 Å². The highest BCUT2D eigenvalue weighted by Gasteiger charge is 1.99. The van der Waals surface area contributed by atoms with Crippen molar-refractivity contribution in [3.05, 3.63) is 24.3 Å². The first-order valence-corrected chi connectivity index (χ1v) is 4.46. The molecule has 0 aliphatic carbocycles. The Morgan fingerprint density at radius 3 is 2.20 bits per heavy atom. The highest BCUT2D eigenvalue weighted by atomic mass is 17.2. The molecule has 5 heteroatoms. The minimum Gasteiger partial charge on any atom is -0.460 e. The first-order chi connectivity index (χ1) is 7.20. The van der Waals surface area contributed by atoms with Crippen molar-refractivity contribution in [2.45, 2.75) is 13.8 Å². The lowest BCUT2D eigenvalue weighted by Gasteiger charge is -2.01. The van der Waals surface area contributed by atoms with Gasteiger partial charge in [0.05, 0.1) is 0 Å². The Balaban J connectivity index is 3.40. The van der Waals surface area contributed by atoms with Crippen molar-refractivity contribution in [3.8, 4) is 0 Å². The molecule has 0 rings (SSSR count). The molecule has 0 heterocycles. The lowest BCUT2D eigenvalue weighted by molar-refractivity contribution is -0.270. The molecule has 0 spiro atoms. The van der Waals surface area contributed by atoms with Gasteiger partial charge in [0, 0.05) is 12.2 Å². The summed E-state index contributed by atoms with van der Waals surface area (Å²) in [5.74, 6) is -1.06. The average molecular weight is 214 g/mol. The van der Waals surface area contributed by atoms with Gasteiger partial charge in [0.1, 0.15) is 13.2 Å². The van der Waals surface area contributed by atoms with E-state index in [0.29, 0.717) is 0 Å². The minimum absolute atomic E-state index is 0.00654. The van der Waals surface area contributed by atoms with Crippen molar-refractivity contribution in [2.75, 3.05) is 13.2 Å². The molecule has 0 aromatic rings. The fourth-order valence-corrected chi connectivity index (χ4v) is 0.624. The molecule has 0 aliphatic heterocycles. The van der Waals surface area contributed by atoms with Gasteiger partial charge in [-0.05, 0) is 13.8 Å². The number of ether oxygens (including phenoxy) is 1. The Hall–Kier alpha value is -1.62. The molecule has 0 atom stereocenters. The van der Waals surface area contributed by atoms with Crippen LogP contribution in [-0.2, 0) is 24.1 Å². The minimum atomic E-state index is -0.600. The van der Waals surface area contributed by atoms with Gasteiger partial charge in [0.2, 0.25) is 0 Å². The Morgan fingerprint density at radius 1 is 1.00 bits per heavy atom. The molecular weight excluding hydrogens is 200 g/mol. The van der Waals surface area contributed by atoms with Crippen LogP contribution in [0.1, 0.15) is 13.8 Å². The SMILES string of the molecule is C/C=C/C(=O)OCCOOC(=O)/C=C/C. The number of carbonyl (C=O) groups is 2. The molecule has 5 nitrogen and oxygen atoms in total. The van der Waals surface area contributed by atoms with E-state index in [1.165, 1.54) is 18.2 Å². The van der Waals surface area contributed by atoms with Crippen LogP contribution >= 0.6 is 0 Å². The van der Waals surface area contributed by atoms with Crippen LogP contribution in [0.15, 0.2) is 24.3 Å². The second kappa shape index (κ2) is 8.96. The Bertz CT molecular complexity index is 229. The lowest BCUT2D eigenvalue weighted by Crippen LogP contribution is -2.10. The molecule has 15 heavy (non-hydrogen) atoms. The summed E-state index contributed by atoms with van der Waals surface area (Å²) < 4.78 is 4.66. The molecule has 0 radical (unpaired) electrons. The van der Waals surface area contributed by atoms with Crippen molar-refractivity contribution in [1.82, 2.24) is 0 Å². The van der Waals surface area contributed by atoms with Gasteiger partial charge in [-0.1, -0.05) is 12.2 Å². The summed E-state index contributed by atoms with van der Waals surface area (Å²) in [7, 11) is 0. The van der Waals surface area contributed by atoms with E-state index in [4.69, 9.17) is 0 Å². The van der Waals surface area contributed by atoms with Crippen LogP contribution in [0.5, 0.6) is 0 Å². The number of hydrogen-bond acceptors (Lipinski definition) is 5. The largest absolute Gasteiger partial charge is 0.460 e. The zero-order valence-electron chi connectivity index (χ0n) is 8.76. The highest BCUT2D eigenvalue weighted by molar-refractivity contribution is 5.81. The van der Waals surface area contributed by atoms with Crippen molar-refractivity contribution < 1.29 is 24.1 Å². The predicted octanol–water partition coefficient (Wildman–Crippen LogP) is 1.16. The molecule has 0 saturated heterocycles. The molecule has 0 amide bonds. The molecular formula is C10H14O5. The second-order valence-electron chi connectivity index (χ2n) is 2.39. The van der Waals surface area contributed by atoms with E-state index in [1.54, 1.807) is 19.9 Å². The lowest BCUT2D eigenvalue weighted by atomic mass is 10.5. The maximum atomic E-state index is 10.8. The average Bonchev–Trinajstić information content (AvgIpc) is 2.18. The van der Waals surface area contributed by atoms with Gasteiger partial charge < -0.3 is 4.74 Å². The van der Waals surface area contributed by atoms with E-state index >= 15 is 0 Å². The van der Waals surface area contributed by atoms with Gasteiger partial charge in [-0.2, -0.15) is 4.89 Å². The molecule has 0 fully saturated rings. The maximum Gasteiger partial charge on any atom is 0.365 e. The van der Waals surface area contributed by atoms with Gasteiger partial charge in [0.15, 0.2) is 0 Å². The quantitative estimate of drug-likeness (QED) is 0.218. The molecule has 0 saturated carbocycles. The number of rotatable bonds is 6. The highest BCUT2D eigenvalue weighted by Crippen LogP contribution is 1.86. The normalized spacial score (nSPS) is 10.8. The number of esters is 1. The van der Waals surface area contributed by atoms with Gasteiger partial charge in [-0.25, -0.2) is 9.59 Å². The zero-order valence-corrected chi connectivity index (χ0v) is 8.76. The Labute approximate surface area is 88.2 Å². The molecule has 84 valence electrons. The third-order valence-electron chi connectivity index (χ3n) is 1.16. The fourth-order valence-electron chi connectivity index (χ4n) is 0.624. The van der Waals surface area contributed by atoms with Crippen LogP contribution in [0.2, 0.25) is 0 Å². The maximum absolute atomic E-state index is 10.8. The van der Waals surface area contributed by atoms with Gasteiger partial charge in [-0.15, -0.1) is 0 Å². The van der Waals surface area contributed by atoms with Crippen molar-refractivity contribution in [2.24, 2.45) is 0 Å². The van der Waals surface area contributed by atoms with Gasteiger partial charge in [-0.3, -0.25) is 4.89 Å². The van der Waals surface area contributed by atoms with Crippen LogP contribution in [-0.4, -0.2) is 25.2 Å². The number of carbonyl (C=O) groups excluding carboxylic acids is 2. The summed E-state index contributed by atoms with van der Waals surface area (Å²) in [6.07, 6.45) is 5.59. The Kier molecular flexibility index (Phi) is 7.99.